The molecule has 0 bridgehead atoms. The van der Waals surface area contributed by atoms with E-state index in [9.17, 15) is 4.79 Å². The summed E-state index contributed by atoms with van der Waals surface area (Å²) in [5, 5.41) is 0.704. The van der Waals surface area contributed by atoms with Gasteiger partial charge in [0.1, 0.15) is 5.75 Å². The molecule has 3 aromatic carbocycles. The highest BCUT2D eigenvalue weighted by Gasteiger charge is 2.25. The van der Waals surface area contributed by atoms with Crippen molar-refractivity contribution in [2.45, 2.75) is 12.7 Å². The topological polar surface area (TPSA) is 42.0 Å². The fraction of sp³-hybridized carbons (Fsp3) is 0.296. The second-order valence-electron chi connectivity index (χ2n) is 8.30. The van der Waals surface area contributed by atoms with Gasteiger partial charge in [0.25, 0.3) is 5.91 Å². The molecule has 0 radical (unpaired) electrons. The van der Waals surface area contributed by atoms with Crippen molar-refractivity contribution in [1.82, 2.24) is 9.80 Å². The molecule has 1 aliphatic heterocycles. The van der Waals surface area contributed by atoms with E-state index in [0.717, 1.165) is 46.5 Å². The Hall–Kier alpha value is -2.38. The van der Waals surface area contributed by atoms with Gasteiger partial charge in [-0.25, -0.2) is 0 Å². The second-order valence-corrected chi connectivity index (χ2v) is 9.65. The lowest BCUT2D eigenvalue weighted by Gasteiger charge is -2.36. The molecule has 4 rings (SSSR count). The maximum absolute atomic E-state index is 12.8. The number of carbonyl (C=O) groups excluding carboxylic acids is 1. The third-order valence-corrected chi connectivity index (χ3v) is 6.78. The number of halogens is 2. The van der Waals surface area contributed by atoms with Crippen LogP contribution in [0.3, 0.4) is 0 Å². The first kappa shape index (κ1) is 24.7. The van der Waals surface area contributed by atoms with Crippen LogP contribution >= 0.6 is 27.5 Å². The Labute approximate surface area is 214 Å². The van der Waals surface area contributed by atoms with Gasteiger partial charge in [-0.05, 0) is 59.7 Å². The zero-order valence-electron chi connectivity index (χ0n) is 19.1. The fourth-order valence-corrected chi connectivity index (χ4v) is 4.42. The Morgan fingerprint density at radius 1 is 1.00 bits per heavy atom. The van der Waals surface area contributed by atoms with Gasteiger partial charge in [0.15, 0.2) is 0 Å². The number of benzene rings is 3. The number of methoxy groups -OCH3 is 1. The summed E-state index contributed by atoms with van der Waals surface area (Å²) in [6.45, 7) is 4.21. The number of nitrogens with zero attached hydrogens (tertiary/aromatic N) is 2. The van der Waals surface area contributed by atoms with Gasteiger partial charge in [-0.15, -0.1) is 0 Å². The van der Waals surface area contributed by atoms with Crippen molar-refractivity contribution in [1.29, 1.82) is 0 Å². The molecule has 1 saturated heterocycles. The van der Waals surface area contributed by atoms with Gasteiger partial charge >= 0.3 is 0 Å². The van der Waals surface area contributed by atoms with E-state index in [1.165, 1.54) is 0 Å². The number of amides is 1. The van der Waals surface area contributed by atoms with Gasteiger partial charge in [0, 0.05) is 47.8 Å². The first-order valence-corrected chi connectivity index (χ1v) is 12.5. The molecule has 178 valence electrons. The molecule has 3 aromatic rings. The monoisotopic (exact) mass is 542 g/mol. The molecular formula is C27H28BrClN2O3. The van der Waals surface area contributed by atoms with Gasteiger partial charge in [0.05, 0.1) is 19.8 Å². The van der Waals surface area contributed by atoms with Crippen LogP contribution in [0.4, 0.5) is 0 Å². The normalized spacial score (nSPS) is 15.2. The van der Waals surface area contributed by atoms with Crippen molar-refractivity contribution >= 4 is 33.4 Å². The number of piperazine rings is 1. The summed E-state index contributed by atoms with van der Waals surface area (Å²) < 4.78 is 12.7. The van der Waals surface area contributed by atoms with Crippen LogP contribution in [0.25, 0.3) is 0 Å². The van der Waals surface area contributed by atoms with E-state index in [1.54, 1.807) is 7.11 Å². The van der Waals surface area contributed by atoms with Crippen molar-refractivity contribution in [2.75, 3.05) is 39.8 Å². The zero-order valence-corrected chi connectivity index (χ0v) is 21.5. The summed E-state index contributed by atoms with van der Waals surface area (Å²) in [5.74, 6) is 0.895. The summed E-state index contributed by atoms with van der Waals surface area (Å²) >= 11 is 9.54. The van der Waals surface area contributed by atoms with Gasteiger partial charge < -0.3 is 14.4 Å². The van der Waals surface area contributed by atoms with Gasteiger partial charge in [-0.1, -0.05) is 51.8 Å². The summed E-state index contributed by atoms with van der Waals surface area (Å²) in [7, 11) is 1.66. The van der Waals surface area contributed by atoms with Gasteiger partial charge in [-0.3, -0.25) is 9.69 Å². The first-order valence-electron chi connectivity index (χ1n) is 11.3. The predicted molar refractivity (Wildman–Crippen MR) is 138 cm³/mol. The minimum Gasteiger partial charge on any atom is -0.497 e. The van der Waals surface area contributed by atoms with Crippen molar-refractivity contribution in [3.63, 3.8) is 0 Å². The predicted octanol–water partition coefficient (Wildman–Crippen LogP) is 5.83. The average Bonchev–Trinajstić information content (AvgIpc) is 2.87. The Bertz CT molecular complexity index is 1080. The lowest BCUT2D eigenvalue weighted by Crippen LogP contribution is -2.49. The first-order chi connectivity index (χ1) is 16.5. The number of carbonyl (C=O) groups is 1. The number of rotatable bonds is 8. The van der Waals surface area contributed by atoms with Crippen molar-refractivity contribution < 1.29 is 14.3 Å². The van der Waals surface area contributed by atoms with Crippen LogP contribution < -0.4 is 4.74 Å². The van der Waals surface area contributed by atoms with Crippen molar-refractivity contribution in [3.8, 4) is 5.75 Å². The molecule has 0 unspecified atom stereocenters. The van der Waals surface area contributed by atoms with Crippen LogP contribution in [0, 0.1) is 0 Å². The number of hydrogen-bond acceptors (Lipinski definition) is 4. The summed E-state index contributed by atoms with van der Waals surface area (Å²) in [4.78, 5) is 17.1. The lowest BCUT2D eigenvalue weighted by molar-refractivity contribution is 0.00337. The Morgan fingerprint density at radius 2 is 1.71 bits per heavy atom. The number of ether oxygens (including phenoxy) is 2. The van der Waals surface area contributed by atoms with Crippen LogP contribution in [-0.4, -0.2) is 55.5 Å². The smallest absolute Gasteiger partial charge is 0.253 e. The molecule has 5 nitrogen and oxygen atoms in total. The van der Waals surface area contributed by atoms with E-state index in [1.807, 2.05) is 77.7 Å². The molecule has 0 spiro atoms. The van der Waals surface area contributed by atoms with E-state index in [2.05, 4.69) is 20.8 Å². The van der Waals surface area contributed by atoms with Crippen LogP contribution in [-0.2, 0) is 11.3 Å². The SMILES string of the molecule is COc1cccc(CO[C@H](CN2CCN(C(=O)c3ccc(Br)cc3)CC2)c2ccc(Cl)cc2)c1. The third-order valence-electron chi connectivity index (χ3n) is 6.00. The standard InChI is InChI=1S/C27H28BrClN2O3/c1-33-25-4-2-3-20(17-25)19-34-26(21-7-11-24(29)12-8-21)18-30-13-15-31(16-14-30)27(32)22-5-9-23(28)10-6-22/h2-12,17,26H,13-16,18-19H2,1H3/t26-/m1/s1. The Kier molecular flexibility index (Phi) is 8.62. The van der Waals surface area contributed by atoms with E-state index in [-0.39, 0.29) is 12.0 Å². The van der Waals surface area contributed by atoms with Crippen LogP contribution in [0.1, 0.15) is 27.6 Å². The molecule has 1 fully saturated rings. The Balaban J connectivity index is 1.38. The van der Waals surface area contributed by atoms with E-state index >= 15 is 0 Å². The molecule has 0 aliphatic carbocycles. The van der Waals surface area contributed by atoms with Crippen molar-refractivity contribution in [3.05, 3.63) is 99.0 Å². The third kappa shape index (κ3) is 6.60. The molecule has 7 heteroatoms. The Morgan fingerprint density at radius 3 is 2.38 bits per heavy atom. The van der Waals surface area contributed by atoms with E-state index in [4.69, 9.17) is 21.1 Å². The largest absolute Gasteiger partial charge is 0.497 e. The molecular weight excluding hydrogens is 516 g/mol. The van der Waals surface area contributed by atoms with Crippen molar-refractivity contribution in [2.24, 2.45) is 0 Å². The molecule has 1 amide bonds. The zero-order chi connectivity index (χ0) is 23.9. The maximum Gasteiger partial charge on any atom is 0.253 e. The quantitative estimate of drug-likeness (QED) is 0.359. The molecule has 0 saturated carbocycles. The van der Waals surface area contributed by atoms with E-state index in [0.29, 0.717) is 24.7 Å². The molecule has 34 heavy (non-hydrogen) atoms. The minimum atomic E-state index is -0.114. The van der Waals surface area contributed by atoms with E-state index < -0.39 is 0 Å². The van der Waals surface area contributed by atoms with Gasteiger partial charge in [-0.2, -0.15) is 0 Å². The molecule has 0 N–H and O–H groups in total. The summed E-state index contributed by atoms with van der Waals surface area (Å²) in [6, 6.07) is 23.3. The minimum absolute atomic E-state index is 0.0793. The summed E-state index contributed by atoms with van der Waals surface area (Å²) in [6.07, 6.45) is -0.114. The molecule has 1 heterocycles. The molecule has 1 atom stereocenters. The molecule has 1 aliphatic rings. The van der Waals surface area contributed by atoms with Crippen LogP contribution in [0.2, 0.25) is 5.02 Å². The van der Waals surface area contributed by atoms with Crippen LogP contribution in [0.15, 0.2) is 77.3 Å². The second kappa shape index (κ2) is 11.8. The highest BCUT2D eigenvalue weighted by molar-refractivity contribution is 9.10. The fourth-order valence-electron chi connectivity index (χ4n) is 4.03. The average molecular weight is 544 g/mol. The highest BCUT2D eigenvalue weighted by atomic mass is 79.9. The lowest BCUT2D eigenvalue weighted by atomic mass is 10.1. The van der Waals surface area contributed by atoms with Crippen LogP contribution in [0.5, 0.6) is 5.75 Å². The maximum atomic E-state index is 12.8. The molecule has 0 aromatic heterocycles. The number of hydrogen-bond donors (Lipinski definition) is 0. The van der Waals surface area contributed by atoms with Gasteiger partial charge in [0.2, 0.25) is 0 Å². The highest BCUT2D eigenvalue weighted by Crippen LogP contribution is 2.24. The summed E-state index contributed by atoms with van der Waals surface area (Å²) in [5.41, 5.74) is 2.86.